The Bertz CT molecular complexity index is 377. The van der Waals surface area contributed by atoms with Crippen LogP contribution in [0.2, 0.25) is 0 Å². The summed E-state index contributed by atoms with van der Waals surface area (Å²) in [6.45, 7) is 3.76. The Morgan fingerprint density at radius 2 is 2.40 bits per heavy atom. The van der Waals surface area contributed by atoms with Crippen LogP contribution >= 0.6 is 0 Å². The van der Waals surface area contributed by atoms with Crippen molar-refractivity contribution in [3.8, 4) is 0 Å². The van der Waals surface area contributed by atoms with Gasteiger partial charge in [0.25, 0.3) is 5.56 Å². The molecule has 1 saturated heterocycles. The van der Waals surface area contributed by atoms with Crippen LogP contribution in [0.1, 0.15) is 24.8 Å². The third-order valence-electron chi connectivity index (χ3n) is 3.04. The van der Waals surface area contributed by atoms with Gasteiger partial charge >= 0.3 is 0 Å². The normalized spacial score (nSPS) is 21.5. The Morgan fingerprint density at radius 3 is 3.13 bits per heavy atom. The van der Waals surface area contributed by atoms with Crippen LogP contribution in [0, 0.1) is 6.92 Å². The molecule has 0 spiro atoms. The molecule has 1 unspecified atom stereocenters. The molecule has 0 saturated carbocycles. The third kappa shape index (κ3) is 2.48. The topological polar surface area (TPSA) is 34.0 Å². The number of aromatic nitrogens is 1. The SMILES string of the molecule is Cc1cccn(CC2CCCCN2)c1=O. The monoisotopic (exact) mass is 206 g/mol. The van der Waals surface area contributed by atoms with Crippen molar-refractivity contribution in [2.24, 2.45) is 0 Å². The van der Waals surface area contributed by atoms with Gasteiger partial charge in [0.05, 0.1) is 0 Å². The minimum absolute atomic E-state index is 0.143. The highest BCUT2D eigenvalue weighted by molar-refractivity contribution is 5.07. The summed E-state index contributed by atoms with van der Waals surface area (Å²) in [6, 6.07) is 4.28. The molecule has 15 heavy (non-hydrogen) atoms. The number of pyridine rings is 1. The molecule has 2 heterocycles. The maximum absolute atomic E-state index is 11.8. The number of hydrogen-bond donors (Lipinski definition) is 1. The maximum atomic E-state index is 11.8. The van der Waals surface area contributed by atoms with Crippen molar-refractivity contribution in [1.29, 1.82) is 0 Å². The smallest absolute Gasteiger partial charge is 0.253 e. The van der Waals surface area contributed by atoms with Crippen LogP contribution in [0.25, 0.3) is 0 Å². The molecule has 1 aliphatic rings. The summed E-state index contributed by atoms with van der Waals surface area (Å²) in [5, 5.41) is 3.45. The van der Waals surface area contributed by atoms with Gasteiger partial charge in [-0.25, -0.2) is 0 Å². The van der Waals surface area contributed by atoms with E-state index < -0.39 is 0 Å². The molecule has 1 atom stereocenters. The molecule has 3 heteroatoms. The second-order valence-corrected chi connectivity index (χ2v) is 4.30. The lowest BCUT2D eigenvalue weighted by molar-refractivity contribution is 0.359. The molecule has 2 rings (SSSR count). The fourth-order valence-electron chi connectivity index (χ4n) is 2.12. The van der Waals surface area contributed by atoms with Gasteiger partial charge in [-0.15, -0.1) is 0 Å². The van der Waals surface area contributed by atoms with Crippen molar-refractivity contribution in [2.45, 2.75) is 38.8 Å². The summed E-state index contributed by atoms with van der Waals surface area (Å²) < 4.78 is 1.82. The Morgan fingerprint density at radius 1 is 1.53 bits per heavy atom. The molecule has 0 aliphatic carbocycles. The molecule has 82 valence electrons. The number of hydrogen-bond acceptors (Lipinski definition) is 2. The Kier molecular flexibility index (Phi) is 3.21. The van der Waals surface area contributed by atoms with E-state index in [1.807, 2.05) is 29.8 Å². The molecule has 0 radical (unpaired) electrons. The second kappa shape index (κ2) is 4.62. The van der Waals surface area contributed by atoms with E-state index in [-0.39, 0.29) is 5.56 Å². The van der Waals surface area contributed by atoms with E-state index in [1.54, 1.807) is 0 Å². The number of nitrogens with zero attached hydrogens (tertiary/aromatic N) is 1. The van der Waals surface area contributed by atoms with E-state index in [0.29, 0.717) is 6.04 Å². The van der Waals surface area contributed by atoms with E-state index in [2.05, 4.69) is 5.32 Å². The minimum Gasteiger partial charge on any atom is -0.314 e. The van der Waals surface area contributed by atoms with Gasteiger partial charge in [0, 0.05) is 24.3 Å². The summed E-state index contributed by atoms with van der Waals surface area (Å²) in [4.78, 5) is 11.8. The average Bonchev–Trinajstić information content (AvgIpc) is 2.26. The molecule has 0 aromatic carbocycles. The summed E-state index contributed by atoms with van der Waals surface area (Å²) in [5.41, 5.74) is 0.971. The molecule has 1 N–H and O–H groups in total. The van der Waals surface area contributed by atoms with Crippen LogP contribution in [0.5, 0.6) is 0 Å². The fraction of sp³-hybridized carbons (Fsp3) is 0.583. The zero-order valence-corrected chi connectivity index (χ0v) is 9.20. The van der Waals surface area contributed by atoms with Gasteiger partial charge in [-0.2, -0.15) is 0 Å². The van der Waals surface area contributed by atoms with Crippen LogP contribution in [-0.4, -0.2) is 17.2 Å². The largest absolute Gasteiger partial charge is 0.314 e. The first-order valence-corrected chi connectivity index (χ1v) is 5.67. The Labute approximate surface area is 90.1 Å². The van der Waals surface area contributed by atoms with Crippen LogP contribution in [0.3, 0.4) is 0 Å². The van der Waals surface area contributed by atoms with Gasteiger partial charge in [-0.05, 0) is 32.4 Å². The zero-order valence-electron chi connectivity index (χ0n) is 9.20. The molecule has 1 aromatic heterocycles. The average molecular weight is 206 g/mol. The number of rotatable bonds is 2. The van der Waals surface area contributed by atoms with E-state index in [9.17, 15) is 4.79 Å². The summed E-state index contributed by atoms with van der Waals surface area (Å²) in [5.74, 6) is 0. The highest BCUT2D eigenvalue weighted by Gasteiger charge is 2.13. The minimum atomic E-state index is 0.143. The number of nitrogens with one attached hydrogen (secondary N) is 1. The quantitative estimate of drug-likeness (QED) is 0.791. The summed E-state index contributed by atoms with van der Waals surface area (Å²) in [7, 11) is 0. The highest BCUT2D eigenvalue weighted by atomic mass is 16.1. The third-order valence-corrected chi connectivity index (χ3v) is 3.04. The maximum Gasteiger partial charge on any atom is 0.253 e. The molecular weight excluding hydrogens is 188 g/mol. The van der Waals surface area contributed by atoms with Crippen molar-refractivity contribution in [3.63, 3.8) is 0 Å². The molecule has 1 aliphatic heterocycles. The van der Waals surface area contributed by atoms with Crippen LogP contribution in [0.4, 0.5) is 0 Å². The molecule has 1 aromatic rings. The van der Waals surface area contributed by atoms with Crippen LogP contribution in [-0.2, 0) is 6.54 Å². The van der Waals surface area contributed by atoms with Crippen molar-refractivity contribution in [2.75, 3.05) is 6.54 Å². The van der Waals surface area contributed by atoms with Gasteiger partial charge < -0.3 is 9.88 Å². The molecule has 1 fully saturated rings. The van der Waals surface area contributed by atoms with Gasteiger partial charge in [0.2, 0.25) is 0 Å². The van der Waals surface area contributed by atoms with E-state index in [4.69, 9.17) is 0 Å². The predicted octanol–water partition coefficient (Wildman–Crippen LogP) is 1.30. The van der Waals surface area contributed by atoms with Gasteiger partial charge in [0.1, 0.15) is 0 Å². The first-order chi connectivity index (χ1) is 7.27. The fourth-order valence-corrected chi connectivity index (χ4v) is 2.12. The molecule has 0 amide bonds. The van der Waals surface area contributed by atoms with Crippen molar-refractivity contribution < 1.29 is 0 Å². The van der Waals surface area contributed by atoms with Crippen LogP contribution in [0.15, 0.2) is 23.1 Å². The van der Waals surface area contributed by atoms with Crippen molar-refractivity contribution in [1.82, 2.24) is 9.88 Å². The van der Waals surface area contributed by atoms with Crippen molar-refractivity contribution in [3.05, 3.63) is 34.2 Å². The van der Waals surface area contributed by atoms with E-state index >= 15 is 0 Å². The standard InChI is InChI=1S/C12H18N2O/c1-10-5-4-8-14(12(10)15)9-11-6-2-3-7-13-11/h4-5,8,11,13H,2-3,6-7,9H2,1H3. The van der Waals surface area contributed by atoms with E-state index in [1.165, 1.54) is 19.3 Å². The highest BCUT2D eigenvalue weighted by Crippen LogP contribution is 2.08. The number of piperidine rings is 1. The lowest BCUT2D eigenvalue weighted by Crippen LogP contribution is -2.39. The number of aryl methyl sites for hydroxylation is 1. The molecule has 3 nitrogen and oxygen atoms in total. The first kappa shape index (κ1) is 10.4. The predicted molar refractivity (Wildman–Crippen MR) is 61.1 cm³/mol. The Balaban J connectivity index is 2.09. The van der Waals surface area contributed by atoms with Gasteiger partial charge in [-0.1, -0.05) is 12.5 Å². The molecule has 0 bridgehead atoms. The second-order valence-electron chi connectivity index (χ2n) is 4.30. The van der Waals surface area contributed by atoms with E-state index in [0.717, 1.165) is 18.7 Å². The molecular formula is C12H18N2O. The summed E-state index contributed by atoms with van der Waals surface area (Å²) >= 11 is 0. The summed E-state index contributed by atoms with van der Waals surface area (Å²) in [6.07, 6.45) is 5.60. The Hall–Kier alpha value is -1.09. The van der Waals surface area contributed by atoms with Gasteiger partial charge in [-0.3, -0.25) is 4.79 Å². The first-order valence-electron chi connectivity index (χ1n) is 5.67. The lowest BCUT2D eigenvalue weighted by Gasteiger charge is -2.24. The lowest BCUT2D eigenvalue weighted by atomic mass is 10.1. The van der Waals surface area contributed by atoms with Gasteiger partial charge in [0.15, 0.2) is 0 Å². The zero-order chi connectivity index (χ0) is 10.7. The van der Waals surface area contributed by atoms with Crippen molar-refractivity contribution >= 4 is 0 Å². The van der Waals surface area contributed by atoms with Crippen LogP contribution < -0.4 is 10.9 Å².